The highest BCUT2D eigenvalue weighted by molar-refractivity contribution is 5.94. The summed E-state index contributed by atoms with van der Waals surface area (Å²) in [5.41, 5.74) is 3.45. The second-order valence-electron chi connectivity index (χ2n) is 8.02. The molecule has 4 nitrogen and oxygen atoms in total. The minimum Gasteiger partial charge on any atom is -0.467 e. The van der Waals surface area contributed by atoms with E-state index in [4.69, 9.17) is 4.42 Å². The van der Waals surface area contributed by atoms with Crippen LogP contribution < -0.4 is 10.2 Å². The first-order valence-corrected chi connectivity index (χ1v) is 10.5. The Morgan fingerprint density at radius 2 is 1.69 bits per heavy atom. The molecule has 0 aliphatic carbocycles. The fourth-order valence-electron chi connectivity index (χ4n) is 4.16. The predicted octanol–water partition coefficient (Wildman–Crippen LogP) is 3.25. The monoisotopic (exact) mass is 389 g/mol. The van der Waals surface area contributed by atoms with Crippen LogP contribution in [0.25, 0.3) is 0 Å². The van der Waals surface area contributed by atoms with Crippen molar-refractivity contribution in [1.82, 2.24) is 5.32 Å². The molecule has 150 valence electrons. The van der Waals surface area contributed by atoms with Crippen LogP contribution in [0, 0.1) is 5.92 Å². The molecule has 0 saturated carbocycles. The summed E-state index contributed by atoms with van der Waals surface area (Å²) in [6.45, 7) is 3.90. The molecule has 1 aromatic heterocycles. The van der Waals surface area contributed by atoms with Gasteiger partial charge in [0.15, 0.2) is 0 Å². The second kappa shape index (κ2) is 9.57. The van der Waals surface area contributed by atoms with Crippen molar-refractivity contribution in [3.8, 4) is 0 Å². The predicted molar refractivity (Wildman–Crippen MR) is 114 cm³/mol. The van der Waals surface area contributed by atoms with E-state index in [1.165, 1.54) is 43.5 Å². The van der Waals surface area contributed by atoms with Crippen LogP contribution >= 0.6 is 0 Å². The van der Waals surface area contributed by atoms with E-state index in [2.05, 4.69) is 47.8 Å². The van der Waals surface area contributed by atoms with Gasteiger partial charge in [0, 0.05) is 11.1 Å². The van der Waals surface area contributed by atoms with Crippen LogP contribution in [0.4, 0.5) is 0 Å². The lowest BCUT2D eigenvalue weighted by atomic mass is 9.90. The number of quaternary nitrogens is 1. The van der Waals surface area contributed by atoms with Gasteiger partial charge in [-0.3, -0.25) is 4.79 Å². The van der Waals surface area contributed by atoms with Crippen molar-refractivity contribution in [3.63, 3.8) is 0 Å². The van der Waals surface area contributed by atoms with Gasteiger partial charge < -0.3 is 14.6 Å². The third kappa shape index (κ3) is 5.58. The van der Waals surface area contributed by atoms with Crippen LogP contribution in [0.5, 0.6) is 0 Å². The first kappa shape index (κ1) is 19.5. The van der Waals surface area contributed by atoms with Gasteiger partial charge in [-0.1, -0.05) is 42.5 Å². The molecule has 1 amide bonds. The highest BCUT2D eigenvalue weighted by Gasteiger charge is 2.22. The van der Waals surface area contributed by atoms with E-state index >= 15 is 0 Å². The Labute approximate surface area is 172 Å². The topological polar surface area (TPSA) is 46.7 Å². The van der Waals surface area contributed by atoms with Crippen molar-refractivity contribution in [2.75, 3.05) is 13.1 Å². The van der Waals surface area contributed by atoms with Crippen molar-refractivity contribution in [2.24, 2.45) is 5.92 Å². The van der Waals surface area contributed by atoms with Crippen LogP contribution in [-0.4, -0.2) is 19.0 Å². The minimum absolute atomic E-state index is 0.0676. The molecule has 1 fully saturated rings. The number of likely N-dealkylation sites (tertiary alicyclic amines) is 1. The second-order valence-corrected chi connectivity index (χ2v) is 8.02. The molecule has 2 heterocycles. The summed E-state index contributed by atoms with van der Waals surface area (Å²) in [6, 6.07) is 22.5. The molecule has 4 heteroatoms. The third-order valence-electron chi connectivity index (χ3n) is 5.85. The fourth-order valence-corrected chi connectivity index (χ4v) is 4.16. The lowest BCUT2D eigenvalue weighted by Gasteiger charge is -2.29. The summed E-state index contributed by atoms with van der Waals surface area (Å²) in [6.07, 6.45) is 5.40. The third-order valence-corrected chi connectivity index (χ3v) is 5.85. The highest BCUT2D eigenvalue weighted by atomic mass is 16.3. The van der Waals surface area contributed by atoms with Crippen molar-refractivity contribution >= 4 is 5.91 Å². The molecular weight excluding hydrogens is 360 g/mol. The Balaban J connectivity index is 1.22. The van der Waals surface area contributed by atoms with Gasteiger partial charge >= 0.3 is 0 Å². The molecule has 1 saturated heterocycles. The highest BCUT2D eigenvalue weighted by Crippen LogP contribution is 2.16. The standard InChI is InChI=1S/C25H28N2O2/c28-25(26-18-24-7-4-16-29-24)23-10-8-22(9-11-23)19-27-14-12-21(13-15-27)17-20-5-2-1-3-6-20/h1-11,16,21H,12-15,17-19H2,(H,26,28)/p+1. The number of amides is 1. The van der Waals surface area contributed by atoms with Crippen LogP contribution in [0.1, 0.15) is 40.1 Å². The molecule has 0 spiro atoms. The zero-order valence-electron chi connectivity index (χ0n) is 16.8. The van der Waals surface area contributed by atoms with Gasteiger partial charge in [-0.15, -0.1) is 0 Å². The number of rotatable bonds is 7. The molecule has 0 atom stereocenters. The Bertz CT molecular complexity index is 880. The van der Waals surface area contributed by atoms with E-state index in [9.17, 15) is 4.79 Å². The average molecular weight is 390 g/mol. The summed E-state index contributed by atoms with van der Waals surface area (Å²) in [4.78, 5) is 13.9. The fraction of sp³-hybridized carbons (Fsp3) is 0.320. The molecule has 0 radical (unpaired) electrons. The molecular formula is C25H29N2O2+. The summed E-state index contributed by atoms with van der Waals surface area (Å²) in [5, 5.41) is 2.89. The van der Waals surface area contributed by atoms with Gasteiger partial charge in [-0.05, 0) is 55.0 Å². The summed E-state index contributed by atoms with van der Waals surface area (Å²) < 4.78 is 5.25. The Morgan fingerprint density at radius 3 is 2.38 bits per heavy atom. The van der Waals surface area contributed by atoms with E-state index in [-0.39, 0.29) is 5.91 Å². The van der Waals surface area contributed by atoms with Crippen LogP contribution in [0.15, 0.2) is 77.4 Å². The van der Waals surface area contributed by atoms with Gasteiger partial charge in [0.2, 0.25) is 0 Å². The van der Waals surface area contributed by atoms with E-state index in [0.29, 0.717) is 12.1 Å². The largest absolute Gasteiger partial charge is 0.467 e. The van der Waals surface area contributed by atoms with Gasteiger partial charge in [-0.25, -0.2) is 0 Å². The van der Waals surface area contributed by atoms with Crippen LogP contribution in [-0.2, 0) is 19.5 Å². The van der Waals surface area contributed by atoms with E-state index in [1.807, 2.05) is 24.3 Å². The van der Waals surface area contributed by atoms with Crippen molar-refractivity contribution < 1.29 is 14.1 Å². The molecule has 1 aliphatic heterocycles. The summed E-state index contributed by atoms with van der Waals surface area (Å²) in [7, 11) is 0. The molecule has 2 N–H and O–H groups in total. The minimum atomic E-state index is -0.0676. The molecule has 1 aliphatic rings. The van der Waals surface area contributed by atoms with E-state index in [0.717, 1.165) is 18.2 Å². The number of hydrogen-bond acceptors (Lipinski definition) is 2. The Kier molecular flexibility index (Phi) is 6.42. The van der Waals surface area contributed by atoms with Gasteiger partial charge in [0.1, 0.15) is 12.3 Å². The number of carbonyl (C=O) groups excluding carboxylic acids is 1. The van der Waals surface area contributed by atoms with E-state index in [1.54, 1.807) is 11.2 Å². The molecule has 4 rings (SSSR count). The number of furan rings is 1. The first-order chi connectivity index (χ1) is 14.3. The normalized spacial score (nSPS) is 19.0. The van der Waals surface area contributed by atoms with Gasteiger partial charge in [-0.2, -0.15) is 0 Å². The van der Waals surface area contributed by atoms with Crippen molar-refractivity contribution in [1.29, 1.82) is 0 Å². The molecule has 29 heavy (non-hydrogen) atoms. The number of hydrogen-bond donors (Lipinski definition) is 2. The number of piperidine rings is 1. The molecule has 3 aromatic rings. The lowest BCUT2D eigenvalue weighted by Crippen LogP contribution is -3.11. The van der Waals surface area contributed by atoms with E-state index < -0.39 is 0 Å². The Hall–Kier alpha value is -2.85. The zero-order valence-corrected chi connectivity index (χ0v) is 16.8. The average Bonchev–Trinajstić information content (AvgIpc) is 3.28. The Morgan fingerprint density at radius 1 is 0.931 bits per heavy atom. The maximum atomic E-state index is 12.3. The van der Waals surface area contributed by atoms with Gasteiger partial charge in [0.05, 0.1) is 25.9 Å². The molecule has 0 unspecified atom stereocenters. The summed E-state index contributed by atoms with van der Waals surface area (Å²) >= 11 is 0. The molecule has 0 bridgehead atoms. The summed E-state index contributed by atoms with van der Waals surface area (Å²) in [5.74, 6) is 1.50. The maximum absolute atomic E-state index is 12.3. The van der Waals surface area contributed by atoms with Crippen molar-refractivity contribution in [3.05, 3.63) is 95.4 Å². The SMILES string of the molecule is O=C(NCc1ccco1)c1ccc(C[NH+]2CCC(Cc3ccccc3)CC2)cc1. The number of nitrogens with one attached hydrogen (secondary N) is 2. The number of carbonyl (C=O) groups is 1. The van der Waals surface area contributed by atoms with Crippen LogP contribution in [0.2, 0.25) is 0 Å². The maximum Gasteiger partial charge on any atom is 0.251 e. The first-order valence-electron chi connectivity index (χ1n) is 10.5. The quantitative estimate of drug-likeness (QED) is 0.652. The van der Waals surface area contributed by atoms with Crippen LogP contribution in [0.3, 0.4) is 0 Å². The lowest BCUT2D eigenvalue weighted by molar-refractivity contribution is -0.919. The van der Waals surface area contributed by atoms with Crippen molar-refractivity contribution in [2.45, 2.75) is 32.4 Å². The number of benzene rings is 2. The zero-order chi connectivity index (χ0) is 19.9. The molecule has 2 aromatic carbocycles. The smallest absolute Gasteiger partial charge is 0.251 e. The van der Waals surface area contributed by atoms with Gasteiger partial charge in [0.25, 0.3) is 5.91 Å².